The van der Waals surface area contributed by atoms with Gasteiger partial charge < -0.3 is 4.98 Å². The number of nitrogens with zero attached hydrogens (tertiary/aromatic N) is 2. The molecule has 0 saturated heterocycles. The molecule has 2 heterocycles. The standard InChI is InChI=1S/C15H15N5O3S/c1-24(22,23)17-9-11-8-10(6-7-16-11)14(21)20-15-18-12-4-2-3-5-13(12)19-15/h2-8,17H,9H2,1H3,(H2,18,19,20,21). The van der Waals surface area contributed by atoms with Crippen molar-refractivity contribution in [2.75, 3.05) is 11.6 Å². The number of para-hydroxylation sites is 2. The van der Waals surface area contributed by atoms with Crippen LogP contribution in [0.15, 0.2) is 42.6 Å². The van der Waals surface area contributed by atoms with E-state index in [1.807, 2.05) is 24.3 Å². The molecule has 1 aromatic carbocycles. The maximum absolute atomic E-state index is 12.3. The number of carbonyl (C=O) groups excluding carboxylic acids is 1. The monoisotopic (exact) mass is 345 g/mol. The van der Waals surface area contributed by atoms with Gasteiger partial charge in [-0.05, 0) is 24.3 Å². The number of fused-ring (bicyclic) bond motifs is 1. The van der Waals surface area contributed by atoms with Crippen LogP contribution in [0.25, 0.3) is 11.0 Å². The number of aromatic nitrogens is 3. The topological polar surface area (TPSA) is 117 Å². The van der Waals surface area contributed by atoms with E-state index in [2.05, 4.69) is 25.0 Å². The summed E-state index contributed by atoms with van der Waals surface area (Å²) < 4.78 is 24.6. The molecule has 8 nitrogen and oxygen atoms in total. The van der Waals surface area contributed by atoms with Crippen LogP contribution in [0.5, 0.6) is 0 Å². The number of imidazole rings is 1. The van der Waals surface area contributed by atoms with Crippen LogP contribution in [-0.2, 0) is 16.6 Å². The Kier molecular flexibility index (Phi) is 4.28. The molecule has 0 aliphatic heterocycles. The number of anilines is 1. The average molecular weight is 345 g/mol. The molecule has 0 bridgehead atoms. The van der Waals surface area contributed by atoms with Gasteiger partial charge in [0, 0.05) is 11.8 Å². The Morgan fingerprint density at radius 3 is 2.79 bits per heavy atom. The first kappa shape index (κ1) is 16.1. The third kappa shape index (κ3) is 3.94. The highest BCUT2D eigenvalue weighted by molar-refractivity contribution is 7.88. The third-order valence-electron chi connectivity index (χ3n) is 3.22. The first-order chi connectivity index (χ1) is 11.4. The maximum atomic E-state index is 12.3. The van der Waals surface area contributed by atoms with Crippen molar-refractivity contribution in [1.82, 2.24) is 19.7 Å². The highest BCUT2D eigenvalue weighted by Gasteiger charge is 2.11. The summed E-state index contributed by atoms with van der Waals surface area (Å²) in [5.74, 6) is -0.0223. The first-order valence-electron chi connectivity index (χ1n) is 7.06. The summed E-state index contributed by atoms with van der Waals surface area (Å²) in [5, 5.41) is 2.68. The second-order valence-electron chi connectivity index (χ2n) is 5.19. The normalized spacial score (nSPS) is 11.5. The van der Waals surface area contributed by atoms with Crippen molar-refractivity contribution in [3.05, 3.63) is 53.9 Å². The van der Waals surface area contributed by atoms with Crippen LogP contribution in [-0.4, -0.2) is 35.5 Å². The fourth-order valence-corrected chi connectivity index (χ4v) is 2.52. The molecule has 1 amide bonds. The molecule has 0 radical (unpaired) electrons. The van der Waals surface area contributed by atoms with Gasteiger partial charge in [0.2, 0.25) is 16.0 Å². The molecule has 2 aromatic heterocycles. The van der Waals surface area contributed by atoms with E-state index in [1.54, 1.807) is 6.07 Å². The second kappa shape index (κ2) is 6.38. The fourth-order valence-electron chi connectivity index (χ4n) is 2.11. The van der Waals surface area contributed by atoms with Crippen LogP contribution in [0.4, 0.5) is 5.95 Å². The summed E-state index contributed by atoms with van der Waals surface area (Å²) in [7, 11) is -3.32. The predicted molar refractivity (Wildman–Crippen MR) is 90.0 cm³/mol. The summed E-state index contributed by atoms with van der Waals surface area (Å²) in [4.78, 5) is 23.6. The molecule has 0 aliphatic carbocycles. The van der Waals surface area contributed by atoms with Gasteiger partial charge in [0.15, 0.2) is 0 Å². The van der Waals surface area contributed by atoms with Crippen LogP contribution in [0.2, 0.25) is 0 Å². The Balaban J connectivity index is 1.74. The number of benzene rings is 1. The van der Waals surface area contributed by atoms with Crippen molar-refractivity contribution in [3.63, 3.8) is 0 Å². The highest BCUT2D eigenvalue weighted by atomic mass is 32.2. The van der Waals surface area contributed by atoms with Gasteiger partial charge in [-0.2, -0.15) is 0 Å². The van der Waals surface area contributed by atoms with Gasteiger partial charge in [-0.15, -0.1) is 0 Å². The molecular weight excluding hydrogens is 330 g/mol. The number of hydrogen-bond acceptors (Lipinski definition) is 5. The molecule has 0 saturated carbocycles. The van der Waals surface area contributed by atoms with E-state index in [-0.39, 0.29) is 12.5 Å². The Hall–Kier alpha value is -2.78. The van der Waals surface area contributed by atoms with E-state index < -0.39 is 10.0 Å². The van der Waals surface area contributed by atoms with E-state index in [1.165, 1.54) is 12.3 Å². The number of nitrogens with one attached hydrogen (secondary N) is 3. The zero-order valence-corrected chi connectivity index (χ0v) is 13.6. The number of sulfonamides is 1. The van der Waals surface area contributed by atoms with Crippen LogP contribution >= 0.6 is 0 Å². The van der Waals surface area contributed by atoms with Crippen molar-refractivity contribution >= 4 is 32.9 Å². The van der Waals surface area contributed by atoms with Crippen LogP contribution in [0.3, 0.4) is 0 Å². The molecule has 0 aliphatic rings. The van der Waals surface area contributed by atoms with Gasteiger partial charge in [0.1, 0.15) is 0 Å². The largest absolute Gasteiger partial charge is 0.324 e. The van der Waals surface area contributed by atoms with Gasteiger partial charge in [-0.3, -0.25) is 15.1 Å². The molecule has 0 atom stereocenters. The Labute approximate surface area is 138 Å². The van der Waals surface area contributed by atoms with Crippen LogP contribution in [0.1, 0.15) is 16.1 Å². The van der Waals surface area contributed by atoms with E-state index in [9.17, 15) is 13.2 Å². The summed E-state index contributed by atoms with van der Waals surface area (Å²) in [6, 6.07) is 10.5. The Morgan fingerprint density at radius 2 is 2.04 bits per heavy atom. The number of pyridine rings is 1. The molecule has 0 fully saturated rings. The zero-order chi connectivity index (χ0) is 17.2. The summed E-state index contributed by atoms with van der Waals surface area (Å²) in [6.07, 6.45) is 2.51. The van der Waals surface area contributed by atoms with Crippen LogP contribution in [0, 0.1) is 0 Å². The summed E-state index contributed by atoms with van der Waals surface area (Å²) in [5.41, 5.74) is 2.37. The number of aromatic amines is 1. The van der Waals surface area contributed by atoms with Crippen molar-refractivity contribution in [1.29, 1.82) is 0 Å². The van der Waals surface area contributed by atoms with E-state index >= 15 is 0 Å². The minimum Gasteiger partial charge on any atom is -0.324 e. The van der Waals surface area contributed by atoms with Crippen LogP contribution < -0.4 is 10.0 Å². The average Bonchev–Trinajstić information content (AvgIpc) is 2.94. The van der Waals surface area contributed by atoms with Crippen molar-refractivity contribution in [3.8, 4) is 0 Å². The molecule has 3 N–H and O–H groups in total. The lowest BCUT2D eigenvalue weighted by Gasteiger charge is -2.05. The fraction of sp³-hybridized carbons (Fsp3) is 0.133. The summed E-state index contributed by atoms with van der Waals surface area (Å²) in [6.45, 7) is 0.0184. The highest BCUT2D eigenvalue weighted by Crippen LogP contribution is 2.14. The van der Waals surface area contributed by atoms with Gasteiger partial charge in [-0.25, -0.2) is 18.1 Å². The second-order valence-corrected chi connectivity index (χ2v) is 7.02. The number of hydrogen-bond donors (Lipinski definition) is 3. The molecule has 3 rings (SSSR count). The smallest absolute Gasteiger partial charge is 0.258 e. The van der Waals surface area contributed by atoms with E-state index in [0.29, 0.717) is 17.2 Å². The SMILES string of the molecule is CS(=O)(=O)NCc1cc(C(=O)Nc2nc3ccccc3[nH]2)ccn1. The first-order valence-corrected chi connectivity index (χ1v) is 8.95. The molecule has 3 aromatic rings. The molecule has 124 valence electrons. The molecule has 9 heteroatoms. The molecular formula is C15H15N5O3S. The Morgan fingerprint density at radius 1 is 1.25 bits per heavy atom. The van der Waals surface area contributed by atoms with Crippen molar-refractivity contribution in [2.45, 2.75) is 6.54 Å². The molecule has 0 spiro atoms. The zero-order valence-electron chi connectivity index (χ0n) is 12.8. The molecule has 0 unspecified atom stereocenters. The predicted octanol–water partition coefficient (Wildman–Crippen LogP) is 1.26. The number of rotatable bonds is 5. The van der Waals surface area contributed by atoms with Crippen molar-refractivity contribution in [2.24, 2.45) is 0 Å². The Bertz CT molecular complexity index is 964. The van der Waals surface area contributed by atoms with Gasteiger partial charge in [0.05, 0.1) is 29.5 Å². The lowest BCUT2D eigenvalue weighted by atomic mass is 10.2. The van der Waals surface area contributed by atoms with Gasteiger partial charge in [0.25, 0.3) is 5.91 Å². The number of amides is 1. The van der Waals surface area contributed by atoms with Crippen molar-refractivity contribution < 1.29 is 13.2 Å². The molecule has 24 heavy (non-hydrogen) atoms. The third-order valence-corrected chi connectivity index (χ3v) is 3.88. The van der Waals surface area contributed by atoms with E-state index in [4.69, 9.17) is 0 Å². The quantitative estimate of drug-likeness (QED) is 0.643. The number of carbonyl (C=O) groups is 1. The van der Waals surface area contributed by atoms with E-state index in [0.717, 1.165) is 17.3 Å². The maximum Gasteiger partial charge on any atom is 0.258 e. The number of H-pyrrole nitrogens is 1. The van der Waals surface area contributed by atoms with Gasteiger partial charge >= 0.3 is 0 Å². The minimum atomic E-state index is -3.32. The minimum absolute atomic E-state index is 0.0184. The lowest BCUT2D eigenvalue weighted by Crippen LogP contribution is -2.22. The lowest BCUT2D eigenvalue weighted by molar-refractivity contribution is 0.102. The summed E-state index contributed by atoms with van der Waals surface area (Å²) >= 11 is 0. The van der Waals surface area contributed by atoms with Gasteiger partial charge in [-0.1, -0.05) is 12.1 Å².